The molecule has 0 aromatic carbocycles. The highest BCUT2D eigenvalue weighted by molar-refractivity contribution is 7.64. The highest BCUT2D eigenvalue weighted by Crippen LogP contribution is 2.45. The molecule has 0 aromatic rings. The Morgan fingerprint density at radius 1 is 1.27 bits per heavy atom. The number of hydrogen-bond donors (Lipinski definition) is 0. The average Bonchev–Trinajstić information content (AvgIpc) is 1.88. The Morgan fingerprint density at radius 3 is 2.00 bits per heavy atom. The van der Waals surface area contributed by atoms with Crippen molar-refractivity contribution in [1.82, 2.24) is 0 Å². The van der Waals surface area contributed by atoms with Crippen molar-refractivity contribution in [3.8, 4) is 0 Å². The zero-order valence-corrected chi connectivity index (χ0v) is 8.15. The molecule has 0 bridgehead atoms. The molecule has 0 spiro atoms. The number of hydrogen-bond acceptors (Lipinski definition) is 1. The fourth-order valence-corrected chi connectivity index (χ4v) is 3.41. The highest BCUT2D eigenvalue weighted by atomic mass is 31.2. The predicted octanol–water partition coefficient (Wildman–Crippen LogP) is 3.13. The number of rotatable bonds is 6. The van der Waals surface area contributed by atoms with Crippen LogP contribution in [0.15, 0.2) is 25.3 Å². The van der Waals surface area contributed by atoms with Crippen molar-refractivity contribution in [2.45, 2.75) is 13.3 Å². The summed E-state index contributed by atoms with van der Waals surface area (Å²) < 4.78 is 11.9. The molecule has 1 nitrogen and oxygen atoms in total. The van der Waals surface area contributed by atoms with E-state index in [1.165, 1.54) is 0 Å². The van der Waals surface area contributed by atoms with Crippen LogP contribution in [0, 0.1) is 0 Å². The minimum atomic E-state index is -1.96. The van der Waals surface area contributed by atoms with E-state index in [4.69, 9.17) is 0 Å². The highest BCUT2D eigenvalue weighted by Gasteiger charge is 2.16. The van der Waals surface area contributed by atoms with Crippen molar-refractivity contribution in [2.24, 2.45) is 0 Å². The molecule has 0 radical (unpaired) electrons. The van der Waals surface area contributed by atoms with Gasteiger partial charge in [0.2, 0.25) is 0 Å². The molecule has 0 atom stereocenters. The second-order valence-electron chi connectivity index (χ2n) is 2.72. The van der Waals surface area contributed by atoms with Crippen molar-refractivity contribution in [2.75, 3.05) is 18.5 Å². The standard InChI is InChI=1S/C9H17OP/c1-4-7-11(10,8-5-2)9-6-3/h4-5H,1-2,6-9H2,3H3. The maximum absolute atomic E-state index is 11.9. The molecule has 0 unspecified atom stereocenters. The van der Waals surface area contributed by atoms with Crippen LogP contribution in [0.3, 0.4) is 0 Å². The molecule has 64 valence electrons. The van der Waals surface area contributed by atoms with E-state index in [2.05, 4.69) is 20.1 Å². The summed E-state index contributed by atoms with van der Waals surface area (Å²) >= 11 is 0. The number of allylic oxidation sites excluding steroid dienone is 2. The van der Waals surface area contributed by atoms with Crippen molar-refractivity contribution in [1.29, 1.82) is 0 Å². The molecule has 0 rings (SSSR count). The van der Waals surface area contributed by atoms with Crippen LogP contribution in [-0.4, -0.2) is 18.5 Å². The Hall–Kier alpha value is -0.290. The average molecular weight is 172 g/mol. The second kappa shape index (κ2) is 5.37. The van der Waals surface area contributed by atoms with Crippen LogP contribution in [0.25, 0.3) is 0 Å². The molecule has 11 heavy (non-hydrogen) atoms. The molecule has 0 aliphatic rings. The van der Waals surface area contributed by atoms with E-state index in [0.29, 0.717) is 12.3 Å². The van der Waals surface area contributed by atoms with E-state index in [-0.39, 0.29) is 0 Å². The van der Waals surface area contributed by atoms with Gasteiger partial charge < -0.3 is 4.57 Å². The van der Waals surface area contributed by atoms with Gasteiger partial charge in [0.05, 0.1) is 7.14 Å². The first-order valence-electron chi connectivity index (χ1n) is 3.97. The van der Waals surface area contributed by atoms with E-state index >= 15 is 0 Å². The van der Waals surface area contributed by atoms with Gasteiger partial charge in [0, 0.05) is 18.5 Å². The lowest BCUT2D eigenvalue weighted by Gasteiger charge is -2.12. The minimum Gasteiger partial charge on any atom is -0.323 e. The Bertz CT molecular complexity index is 158. The summed E-state index contributed by atoms with van der Waals surface area (Å²) in [5.74, 6) is 0. The Labute approximate surface area is 69.6 Å². The van der Waals surface area contributed by atoms with Crippen LogP contribution in [0.5, 0.6) is 0 Å². The third-order valence-electron chi connectivity index (χ3n) is 1.55. The van der Waals surface area contributed by atoms with Gasteiger partial charge in [0.1, 0.15) is 0 Å². The van der Waals surface area contributed by atoms with Crippen LogP contribution in [0.2, 0.25) is 0 Å². The van der Waals surface area contributed by atoms with Crippen LogP contribution in [-0.2, 0) is 4.57 Å². The van der Waals surface area contributed by atoms with Crippen molar-refractivity contribution >= 4 is 7.14 Å². The summed E-state index contributed by atoms with van der Waals surface area (Å²) in [4.78, 5) is 0. The molecular weight excluding hydrogens is 155 g/mol. The Morgan fingerprint density at radius 2 is 1.73 bits per heavy atom. The lowest BCUT2D eigenvalue weighted by atomic mass is 10.6. The molecule has 0 aliphatic heterocycles. The zero-order chi connectivity index (χ0) is 8.74. The van der Waals surface area contributed by atoms with E-state index in [9.17, 15) is 4.57 Å². The van der Waals surface area contributed by atoms with E-state index in [0.717, 1.165) is 12.6 Å². The normalized spacial score (nSPS) is 11.0. The molecule has 0 saturated carbocycles. The maximum Gasteiger partial charge on any atom is 0.0948 e. The van der Waals surface area contributed by atoms with Crippen LogP contribution in [0.1, 0.15) is 13.3 Å². The molecule has 0 amide bonds. The van der Waals surface area contributed by atoms with Gasteiger partial charge in [-0.25, -0.2) is 0 Å². The Kier molecular flexibility index (Phi) is 5.23. The van der Waals surface area contributed by atoms with Gasteiger partial charge in [0.15, 0.2) is 0 Å². The third-order valence-corrected chi connectivity index (χ3v) is 4.66. The second-order valence-corrected chi connectivity index (χ2v) is 6.02. The van der Waals surface area contributed by atoms with Crippen LogP contribution in [0.4, 0.5) is 0 Å². The monoisotopic (exact) mass is 172 g/mol. The first-order valence-corrected chi connectivity index (χ1v) is 6.23. The fraction of sp³-hybridized carbons (Fsp3) is 0.556. The summed E-state index contributed by atoms with van der Waals surface area (Å²) in [6, 6.07) is 0. The summed E-state index contributed by atoms with van der Waals surface area (Å²) in [5.41, 5.74) is 0. The lowest BCUT2D eigenvalue weighted by Crippen LogP contribution is -1.95. The topological polar surface area (TPSA) is 17.1 Å². The van der Waals surface area contributed by atoms with Gasteiger partial charge in [-0.2, -0.15) is 0 Å². The summed E-state index contributed by atoms with van der Waals surface area (Å²) in [7, 11) is -1.96. The van der Waals surface area contributed by atoms with Gasteiger partial charge in [-0.05, 0) is 6.42 Å². The third kappa shape index (κ3) is 4.21. The quantitative estimate of drug-likeness (QED) is 0.444. The van der Waals surface area contributed by atoms with Gasteiger partial charge in [0.25, 0.3) is 0 Å². The molecule has 0 saturated heterocycles. The van der Waals surface area contributed by atoms with Gasteiger partial charge in [-0.3, -0.25) is 0 Å². The van der Waals surface area contributed by atoms with Crippen molar-refractivity contribution < 1.29 is 4.57 Å². The van der Waals surface area contributed by atoms with Crippen molar-refractivity contribution in [3.05, 3.63) is 25.3 Å². The summed E-state index contributed by atoms with van der Waals surface area (Å²) in [5, 5.41) is 0. The molecule has 2 heteroatoms. The van der Waals surface area contributed by atoms with Crippen molar-refractivity contribution in [3.63, 3.8) is 0 Å². The zero-order valence-electron chi connectivity index (χ0n) is 7.25. The van der Waals surface area contributed by atoms with Crippen LogP contribution < -0.4 is 0 Å². The molecule has 0 aliphatic carbocycles. The van der Waals surface area contributed by atoms with Crippen LogP contribution >= 0.6 is 7.14 Å². The van der Waals surface area contributed by atoms with Gasteiger partial charge >= 0.3 is 0 Å². The van der Waals surface area contributed by atoms with E-state index < -0.39 is 7.14 Å². The molecular formula is C9H17OP. The minimum absolute atomic E-state index is 0.660. The maximum atomic E-state index is 11.9. The summed E-state index contributed by atoms with van der Waals surface area (Å²) in [6.45, 7) is 9.26. The summed E-state index contributed by atoms with van der Waals surface area (Å²) in [6.07, 6.45) is 6.63. The SMILES string of the molecule is C=CCP(=O)(CC=C)CCC. The molecule has 0 heterocycles. The first kappa shape index (κ1) is 10.7. The predicted molar refractivity (Wildman–Crippen MR) is 52.9 cm³/mol. The first-order chi connectivity index (χ1) is 5.18. The van der Waals surface area contributed by atoms with Gasteiger partial charge in [-0.15, -0.1) is 13.2 Å². The fourth-order valence-electron chi connectivity index (χ4n) is 1.14. The van der Waals surface area contributed by atoms with Gasteiger partial charge in [-0.1, -0.05) is 19.1 Å². The lowest BCUT2D eigenvalue weighted by molar-refractivity contribution is 0.577. The Balaban J connectivity index is 4.11. The van der Waals surface area contributed by atoms with E-state index in [1.54, 1.807) is 12.2 Å². The molecule has 0 fully saturated rings. The largest absolute Gasteiger partial charge is 0.323 e. The van der Waals surface area contributed by atoms with E-state index in [1.807, 2.05) is 0 Å². The molecule has 0 aromatic heterocycles. The molecule has 0 N–H and O–H groups in total. The smallest absolute Gasteiger partial charge is 0.0948 e.